The van der Waals surface area contributed by atoms with E-state index in [0.717, 1.165) is 0 Å². The molecule has 3 heterocycles. The fourth-order valence-corrected chi connectivity index (χ4v) is 4.16. The lowest BCUT2D eigenvalue weighted by Crippen LogP contribution is -2.33. The van der Waals surface area contributed by atoms with Gasteiger partial charge in [0.25, 0.3) is 5.56 Å². The molecule has 3 aromatic rings. The number of ether oxygens (including phenoxy) is 1. The molecule has 0 amide bonds. The molecule has 0 aliphatic carbocycles. The van der Waals surface area contributed by atoms with Gasteiger partial charge in [-0.3, -0.25) is 9.69 Å². The van der Waals surface area contributed by atoms with Crippen LogP contribution in [0.25, 0.3) is 11.0 Å². The van der Waals surface area contributed by atoms with Crippen LogP contribution in [0.4, 0.5) is 8.78 Å². The first kappa shape index (κ1) is 22.0. The van der Waals surface area contributed by atoms with Gasteiger partial charge in [-0.15, -0.1) is 0 Å². The Morgan fingerprint density at radius 2 is 1.97 bits per heavy atom. The molecule has 168 valence electrons. The van der Waals surface area contributed by atoms with Gasteiger partial charge in [-0.25, -0.2) is 19.2 Å². The third-order valence-electron chi connectivity index (χ3n) is 5.96. The molecule has 4 rings (SSSR count). The summed E-state index contributed by atoms with van der Waals surface area (Å²) in [5, 5.41) is 0. The van der Waals surface area contributed by atoms with Crippen LogP contribution in [0, 0.1) is 11.8 Å². The Kier molecular flexibility index (Phi) is 6.27. The highest BCUT2D eigenvalue weighted by Gasteiger charge is 2.25. The zero-order valence-corrected chi connectivity index (χ0v) is 18.0. The summed E-state index contributed by atoms with van der Waals surface area (Å²) in [6.45, 7) is 3.52. The number of esters is 1. The number of pyridine rings is 1. The van der Waals surface area contributed by atoms with E-state index in [4.69, 9.17) is 0 Å². The Morgan fingerprint density at radius 3 is 2.62 bits per heavy atom. The number of nitrogens with one attached hydrogen (secondary N) is 1. The molecule has 1 aliphatic heterocycles. The Hall–Kier alpha value is -3.20. The molecule has 1 saturated heterocycles. The third-order valence-corrected chi connectivity index (χ3v) is 5.96. The van der Waals surface area contributed by atoms with Crippen LogP contribution in [-0.2, 0) is 17.7 Å². The van der Waals surface area contributed by atoms with Crippen molar-refractivity contribution in [1.82, 2.24) is 19.9 Å². The summed E-state index contributed by atoms with van der Waals surface area (Å²) in [6, 6.07) is 6.06. The molecule has 0 saturated carbocycles. The van der Waals surface area contributed by atoms with E-state index in [-0.39, 0.29) is 23.0 Å². The predicted molar refractivity (Wildman–Crippen MR) is 114 cm³/mol. The first-order chi connectivity index (χ1) is 15.4. The predicted octanol–water partition coefficient (Wildman–Crippen LogP) is 3.32. The maximum absolute atomic E-state index is 14.7. The fraction of sp³-hybridized carbons (Fsp3) is 0.391. The number of H-pyrrole nitrogens is 1. The summed E-state index contributed by atoms with van der Waals surface area (Å²) in [5.74, 6) is -1.73. The van der Waals surface area contributed by atoms with Crippen molar-refractivity contribution < 1.29 is 18.3 Å². The number of aryl methyl sites for hydroxylation is 1. The number of nitrogens with zero attached hydrogens (tertiary/aromatic N) is 3. The molecule has 1 N–H and O–H groups in total. The highest BCUT2D eigenvalue weighted by molar-refractivity contribution is 5.87. The number of methoxy groups -OCH3 is 1. The molecule has 9 heteroatoms. The molecule has 1 aliphatic rings. The minimum atomic E-state index is -0.676. The first-order valence-corrected chi connectivity index (χ1v) is 10.6. The van der Waals surface area contributed by atoms with Gasteiger partial charge >= 0.3 is 5.97 Å². The number of halogens is 2. The van der Waals surface area contributed by atoms with Gasteiger partial charge in [0, 0.05) is 23.7 Å². The van der Waals surface area contributed by atoms with E-state index in [1.165, 1.54) is 19.2 Å². The summed E-state index contributed by atoms with van der Waals surface area (Å²) in [4.78, 5) is 36.4. The van der Waals surface area contributed by atoms with Crippen molar-refractivity contribution in [3.8, 4) is 0 Å². The van der Waals surface area contributed by atoms with Crippen LogP contribution >= 0.6 is 0 Å². The molecule has 0 spiro atoms. The van der Waals surface area contributed by atoms with Gasteiger partial charge in [-0.2, -0.15) is 4.39 Å². The van der Waals surface area contributed by atoms with Gasteiger partial charge in [0.2, 0.25) is 5.95 Å². The van der Waals surface area contributed by atoms with Crippen molar-refractivity contribution >= 4 is 17.0 Å². The number of carbonyl (C=O) groups excluding carboxylic acids is 1. The van der Waals surface area contributed by atoms with E-state index in [0.29, 0.717) is 66.8 Å². The number of hydrogen-bond acceptors (Lipinski definition) is 6. The summed E-state index contributed by atoms with van der Waals surface area (Å²) < 4.78 is 33.7. The highest BCUT2D eigenvalue weighted by atomic mass is 19.1. The zero-order chi connectivity index (χ0) is 22.8. The van der Waals surface area contributed by atoms with Gasteiger partial charge in [0.05, 0.1) is 18.1 Å². The normalized spacial score (nSPS) is 15.2. The number of aromatic amines is 1. The minimum absolute atomic E-state index is 0.0279. The van der Waals surface area contributed by atoms with E-state index in [2.05, 4.69) is 24.6 Å². The van der Waals surface area contributed by atoms with E-state index in [1.807, 2.05) is 6.92 Å². The number of benzene rings is 1. The molecular weight excluding hydrogens is 418 g/mol. The summed E-state index contributed by atoms with van der Waals surface area (Å²) in [7, 11) is 1.22. The number of fused-ring (bicyclic) bond motifs is 1. The van der Waals surface area contributed by atoms with Crippen LogP contribution < -0.4 is 5.56 Å². The van der Waals surface area contributed by atoms with Crippen molar-refractivity contribution in [3.63, 3.8) is 0 Å². The number of carbonyl (C=O) groups is 1. The third kappa shape index (κ3) is 4.38. The average molecular weight is 442 g/mol. The second-order valence-corrected chi connectivity index (χ2v) is 7.95. The maximum Gasteiger partial charge on any atom is 0.356 e. The van der Waals surface area contributed by atoms with Crippen LogP contribution in [0.2, 0.25) is 0 Å². The van der Waals surface area contributed by atoms with Crippen LogP contribution in [0.15, 0.2) is 29.1 Å². The van der Waals surface area contributed by atoms with E-state index in [9.17, 15) is 18.4 Å². The van der Waals surface area contributed by atoms with E-state index < -0.39 is 11.9 Å². The van der Waals surface area contributed by atoms with Gasteiger partial charge in [0.1, 0.15) is 11.5 Å². The monoisotopic (exact) mass is 442 g/mol. The SMILES string of the molecule is CCc1nc2cc(F)c(CN3CCC(c4ccc(C(=O)OC)nc4F)CC3)cc2[nH]c1=O. The standard InChI is InChI=1S/C23H24F2N4O3/c1-3-17-22(30)28-19-10-14(16(24)11-20(19)26-17)12-29-8-6-13(7-9-29)15-4-5-18(23(31)32-2)27-21(15)25/h4-5,10-11,13H,3,6-9,12H2,1-2H3,(H,28,30). The Labute approximate surface area is 183 Å². The molecule has 32 heavy (non-hydrogen) atoms. The number of piperidine rings is 1. The number of hydrogen-bond donors (Lipinski definition) is 1. The van der Waals surface area contributed by atoms with E-state index >= 15 is 0 Å². The lowest BCUT2D eigenvalue weighted by atomic mass is 9.90. The summed E-state index contributed by atoms with van der Waals surface area (Å²) in [6.07, 6.45) is 1.85. The average Bonchev–Trinajstić information content (AvgIpc) is 2.79. The Morgan fingerprint density at radius 1 is 1.22 bits per heavy atom. The lowest BCUT2D eigenvalue weighted by molar-refractivity contribution is 0.0592. The molecule has 0 atom stereocenters. The molecule has 1 fully saturated rings. The maximum atomic E-state index is 14.7. The van der Waals surface area contributed by atoms with Crippen molar-refractivity contribution in [3.05, 3.63) is 68.9 Å². The van der Waals surface area contributed by atoms with E-state index in [1.54, 1.807) is 12.1 Å². The van der Waals surface area contributed by atoms with Gasteiger partial charge in [0.15, 0.2) is 5.69 Å². The first-order valence-electron chi connectivity index (χ1n) is 10.6. The topological polar surface area (TPSA) is 88.2 Å². The van der Waals surface area contributed by atoms with Crippen LogP contribution in [0.5, 0.6) is 0 Å². The van der Waals surface area contributed by atoms with Crippen molar-refractivity contribution in [2.24, 2.45) is 0 Å². The molecule has 2 aromatic heterocycles. The van der Waals surface area contributed by atoms with Gasteiger partial charge in [-0.05, 0) is 50.4 Å². The molecule has 0 bridgehead atoms. The van der Waals surface area contributed by atoms with Crippen LogP contribution in [-0.4, -0.2) is 46.0 Å². The Balaban J connectivity index is 1.45. The Bertz CT molecular complexity index is 1220. The van der Waals surface area contributed by atoms with Gasteiger partial charge < -0.3 is 9.72 Å². The molecule has 7 nitrogen and oxygen atoms in total. The van der Waals surface area contributed by atoms with Crippen LogP contribution in [0.3, 0.4) is 0 Å². The van der Waals surface area contributed by atoms with Gasteiger partial charge in [-0.1, -0.05) is 13.0 Å². The minimum Gasteiger partial charge on any atom is -0.464 e. The number of likely N-dealkylation sites (tertiary alicyclic amines) is 1. The van der Waals surface area contributed by atoms with Crippen molar-refractivity contribution in [2.45, 2.75) is 38.6 Å². The number of aromatic nitrogens is 3. The van der Waals surface area contributed by atoms with Crippen molar-refractivity contribution in [2.75, 3.05) is 20.2 Å². The molecule has 0 radical (unpaired) electrons. The largest absolute Gasteiger partial charge is 0.464 e. The smallest absolute Gasteiger partial charge is 0.356 e. The summed E-state index contributed by atoms with van der Waals surface area (Å²) >= 11 is 0. The van der Waals surface area contributed by atoms with Crippen molar-refractivity contribution in [1.29, 1.82) is 0 Å². The lowest BCUT2D eigenvalue weighted by Gasteiger charge is -2.32. The second-order valence-electron chi connectivity index (χ2n) is 7.95. The second kappa shape index (κ2) is 9.12. The molecule has 1 aromatic carbocycles. The van der Waals surface area contributed by atoms with Crippen LogP contribution in [0.1, 0.15) is 53.0 Å². The number of rotatable bonds is 5. The fourth-order valence-electron chi connectivity index (χ4n) is 4.16. The highest BCUT2D eigenvalue weighted by Crippen LogP contribution is 2.30. The zero-order valence-electron chi connectivity index (χ0n) is 18.0. The summed E-state index contributed by atoms with van der Waals surface area (Å²) in [5.41, 5.74) is 1.96. The quantitative estimate of drug-likeness (QED) is 0.482. The molecular formula is C23H24F2N4O3. The molecule has 0 unspecified atom stereocenters.